The Hall–Kier alpha value is -2.93. The van der Waals surface area contributed by atoms with Gasteiger partial charge in [-0.15, -0.1) is 0 Å². The molecule has 4 aromatic rings. The van der Waals surface area contributed by atoms with Crippen LogP contribution in [0.15, 0.2) is 49.0 Å². The normalized spacial score (nSPS) is 13.6. The number of halogens is 1. The van der Waals surface area contributed by atoms with Crippen LogP contribution in [0, 0.1) is 0 Å². The number of hydrogen-bond acceptors (Lipinski definition) is 5. The zero-order valence-electron chi connectivity index (χ0n) is 17.2. The summed E-state index contributed by atoms with van der Waals surface area (Å²) in [7, 11) is 0. The van der Waals surface area contributed by atoms with E-state index in [1.807, 2.05) is 18.4 Å². The molecule has 132 valence electrons. The van der Waals surface area contributed by atoms with Crippen molar-refractivity contribution in [3.63, 3.8) is 0 Å². The smallest absolute Gasteiger partial charge is 0.226 e. The molecule has 7 nitrogen and oxygen atoms in total. The molecule has 0 saturated carbocycles. The van der Waals surface area contributed by atoms with E-state index < -0.39 is 6.50 Å². The second kappa shape index (κ2) is 6.76. The molecule has 3 heterocycles. The van der Waals surface area contributed by atoms with Crippen LogP contribution in [-0.4, -0.2) is 29.3 Å². The SMILES string of the molecule is [2H]c1ccnn1-c1ccccc1C([2H])([2H])Nc1nc(Cl)nc2c1ncn2C(C)C. The minimum atomic E-state index is -2.05. The van der Waals surface area contributed by atoms with Crippen molar-refractivity contribution >= 4 is 28.6 Å². The second-order valence-electron chi connectivity index (χ2n) is 5.90. The van der Waals surface area contributed by atoms with Gasteiger partial charge >= 0.3 is 0 Å². The van der Waals surface area contributed by atoms with Crippen molar-refractivity contribution < 1.29 is 4.11 Å². The molecule has 8 heteroatoms. The predicted molar refractivity (Wildman–Crippen MR) is 102 cm³/mol. The molecule has 26 heavy (non-hydrogen) atoms. The van der Waals surface area contributed by atoms with Crippen LogP contribution in [0.5, 0.6) is 0 Å². The fourth-order valence-corrected chi connectivity index (χ4v) is 2.78. The molecule has 0 radical (unpaired) electrons. The Morgan fingerprint density at radius 3 is 2.88 bits per heavy atom. The molecule has 1 aromatic carbocycles. The summed E-state index contributed by atoms with van der Waals surface area (Å²) in [6.07, 6.45) is 3.27. The highest BCUT2D eigenvalue weighted by Gasteiger charge is 2.14. The number of benzene rings is 1. The fourth-order valence-electron chi connectivity index (χ4n) is 2.61. The van der Waals surface area contributed by atoms with Crippen LogP contribution in [0.4, 0.5) is 5.82 Å². The van der Waals surface area contributed by atoms with E-state index in [0.717, 1.165) is 0 Å². The first-order valence-corrected chi connectivity index (χ1v) is 8.44. The summed E-state index contributed by atoms with van der Waals surface area (Å²) >= 11 is 6.10. The summed E-state index contributed by atoms with van der Waals surface area (Å²) in [6, 6.07) is 8.46. The van der Waals surface area contributed by atoms with Gasteiger partial charge in [0.2, 0.25) is 5.28 Å². The van der Waals surface area contributed by atoms with E-state index in [1.54, 1.807) is 30.6 Å². The Morgan fingerprint density at radius 2 is 2.12 bits per heavy atom. The van der Waals surface area contributed by atoms with Gasteiger partial charge in [-0.1, -0.05) is 18.2 Å². The molecule has 4 rings (SSSR count). The maximum absolute atomic E-state index is 8.67. The van der Waals surface area contributed by atoms with Gasteiger partial charge in [-0.25, -0.2) is 9.67 Å². The molecule has 0 aliphatic carbocycles. The van der Waals surface area contributed by atoms with E-state index >= 15 is 0 Å². The van der Waals surface area contributed by atoms with Crippen LogP contribution >= 0.6 is 11.6 Å². The van der Waals surface area contributed by atoms with Crippen molar-refractivity contribution in [2.24, 2.45) is 0 Å². The molecule has 0 amide bonds. The maximum Gasteiger partial charge on any atom is 0.226 e. The van der Waals surface area contributed by atoms with Crippen molar-refractivity contribution in [2.45, 2.75) is 26.4 Å². The second-order valence-corrected chi connectivity index (χ2v) is 6.24. The molecule has 0 fully saturated rings. The molecule has 0 spiro atoms. The van der Waals surface area contributed by atoms with Gasteiger partial charge < -0.3 is 9.88 Å². The van der Waals surface area contributed by atoms with E-state index in [-0.39, 0.29) is 23.3 Å². The van der Waals surface area contributed by atoms with Crippen molar-refractivity contribution in [3.05, 3.63) is 59.9 Å². The predicted octanol–water partition coefficient (Wildman–Crippen LogP) is 3.86. The molecule has 3 aromatic heterocycles. The van der Waals surface area contributed by atoms with E-state index in [4.69, 9.17) is 15.7 Å². The van der Waals surface area contributed by atoms with Crippen LogP contribution in [-0.2, 0) is 6.50 Å². The summed E-state index contributed by atoms with van der Waals surface area (Å²) in [4.78, 5) is 12.8. The number of hydrogen-bond donors (Lipinski definition) is 1. The first-order chi connectivity index (χ1) is 13.8. The topological polar surface area (TPSA) is 73.5 Å². The minimum Gasteiger partial charge on any atom is -0.364 e. The first kappa shape index (κ1) is 13.3. The van der Waals surface area contributed by atoms with Gasteiger partial charge in [-0.3, -0.25) is 0 Å². The number of aromatic nitrogens is 6. The van der Waals surface area contributed by atoms with Gasteiger partial charge in [0.1, 0.15) is 0 Å². The van der Waals surface area contributed by atoms with E-state index in [9.17, 15) is 0 Å². The highest BCUT2D eigenvalue weighted by molar-refractivity contribution is 6.28. The Kier molecular flexibility index (Phi) is 3.46. The molecule has 0 saturated heterocycles. The van der Waals surface area contributed by atoms with E-state index in [0.29, 0.717) is 22.4 Å². The lowest BCUT2D eigenvalue weighted by molar-refractivity contribution is 0.612. The molecular formula is C18H18ClN7. The van der Waals surface area contributed by atoms with Crippen molar-refractivity contribution in [1.29, 1.82) is 0 Å². The van der Waals surface area contributed by atoms with Crippen LogP contribution in [0.25, 0.3) is 16.9 Å². The van der Waals surface area contributed by atoms with Gasteiger partial charge in [0.15, 0.2) is 17.0 Å². The van der Waals surface area contributed by atoms with Crippen molar-refractivity contribution in [2.75, 3.05) is 5.32 Å². The number of anilines is 1. The molecule has 0 atom stereocenters. The molecular weight excluding hydrogens is 350 g/mol. The van der Waals surface area contributed by atoms with Gasteiger partial charge in [0.05, 0.1) is 16.1 Å². The minimum absolute atomic E-state index is 0.00740. The Labute approximate surface area is 159 Å². The lowest BCUT2D eigenvalue weighted by Gasteiger charge is -2.12. The van der Waals surface area contributed by atoms with Gasteiger partial charge in [-0.05, 0) is 43.1 Å². The summed E-state index contributed by atoms with van der Waals surface area (Å²) in [5.41, 5.74) is 1.68. The van der Waals surface area contributed by atoms with Crippen molar-refractivity contribution in [3.8, 4) is 5.69 Å². The fraction of sp³-hybridized carbons (Fsp3) is 0.222. The van der Waals surface area contributed by atoms with Crippen molar-refractivity contribution in [1.82, 2.24) is 29.3 Å². The highest BCUT2D eigenvalue weighted by atomic mass is 35.5. The van der Waals surface area contributed by atoms with Gasteiger partial charge in [0.25, 0.3) is 0 Å². The summed E-state index contributed by atoms with van der Waals surface area (Å²) < 4.78 is 28.5. The number of imidazole rings is 1. The molecule has 0 unspecified atom stereocenters. The standard InChI is InChI=1S/C18H18ClN7/c1-12(2)25-11-21-15-16(23-18(19)24-17(15)25)20-10-13-6-3-4-7-14(13)26-9-5-8-22-26/h3-9,11-12H,10H2,1-2H3,(H,20,23,24)/i9D,10D2. The number of rotatable bonds is 5. The zero-order valence-corrected chi connectivity index (χ0v) is 14.9. The Bertz CT molecular complexity index is 1190. The van der Waals surface area contributed by atoms with Crippen LogP contribution in [0.3, 0.4) is 0 Å². The largest absolute Gasteiger partial charge is 0.364 e. The third kappa shape index (κ3) is 3.01. The first-order valence-electron chi connectivity index (χ1n) is 9.56. The summed E-state index contributed by atoms with van der Waals surface area (Å²) in [5, 5.41) is 6.93. The number of nitrogens with one attached hydrogen (secondary N) is 1. The van der Waals surface area contributed by atoms with Crippen LogP contribution in [0.1, 0.15) is 29.6 Å². The lowest BCUT2D eigenvalue weighted by atomic mass is 10.2. The summed E-state index contributed by atoms with van der Waals surface area (Å²) in [5.74, 6) is 0.186. The lowest BCUT2D eigenvalue weighted by Crippen LogP contribution is -2.08. The quantitative estimate of drug-likeness (QED) is 0.540. The third-order valence-corrected chi connectivity index (χ3v) is 4.02. The van der Waals surface area contributed by atoms with E-state index in [1.165, 1.54) is 16.9 Å². The highest BCUT2D eigenvalue weighted by Crippen LogP contribution is 2.24. The number of nitrogens with zero attached hydrogens (tertiary/aromatic N) is 6. The molecule has 0 bridgehead atoms. The van der Waals surface area contributed by atoms with Gasteiger partial charge in [-0.2, -0.15) is 15.1 Å². The van der Waals surface area contributed by atoms with E-state index in [2.05, 4.69) is 25.4 Å². The maximum atomic E-state index is 8.67. The molecule has 0 aliphatic rings. The molecule has 0 aliphatic heterocycles. The summed E-state index contributed by atoms with van der Waals surface area (Å²) in [6.45, 7) is 1.92. The monoisotopic (exact) mass is 370 g/mol. The Morgan fingerprint density at radius 1 is 1.27 bits per heavy atom. The molecule has 1 N–H and O–H groups in total. The number of para-hydroxylation sites is 1. The Balaban J connectivity index is 1.81. The average molecular weight is 371 g/mol. The van der Waals surface area contributed by atoms with Crippen LogP contribution < -0.4 is 5.32 Å². The average Bonchev–Trinajstić information content (AvgIpc) is 3.27. The van der Waals surface area contributed by atoms with Crippen LogP contribution in [0.2, 0.25) is 5.28 Å². The van der Waals surface area contributed by atoms with Gasteiger partial charge in [0, 0.05) is 24.9 Å². The number of fused-ring (bicyclic) bond motifs is 1. The zero-order chi connectivity index (χ0) is 20.8. The third-order valence-electron chi connectivity index (χ3n) is 3.85.